The van der Waals surface area contributed by atoms with E-state index in [1.54, 1.807) is 6.07 Å². The highest BCUT2D eigenvalue weighted by atomic mass is 19.4. The van der Waals surface area contributed by atoms with Crippen molar-refractivity contribution < 1.29 is 35.9 Å². The van der Waals surface area contributed by atoms with Crippen molar-refractivity contribution in [3.8, 4) is 33.9 Å². The van der Waals surface area contributed by atoms with Crippen LogP contribution in [-0.4, -0.2) is 31.4 Å². The highest BCUT2D eigenvalue weighted by molar-refractivity contribution is 5.99. The number of nitrogens with two attached hydrogens (primary N) is 2. The van der Waals surface area contributed by atoms with Crippen molar-refractivity contribution in [3.63, 3.8) is 0 Å². The van der Waals surface area contributed by atoms with Crippen molar-refractivity contribution in [3.05, 3.63) is 167 Å². The molecule has 2 heterocycles. The van der Waals surface area contributed by atoms with Crippen LogP contribution < -0.4 is 11.5 Å². The van der Waals surface area contributed by atoms with E-state index in [-0.39, 0.29) is 11.1 Å². The van der Waals surface area contributed by atoms with Crippen molar-refractivity contribution >= 4 is 33.4 Å². The van der Waals surface area contributed by atoms with Gasteiger partial charge in [0.25, 0.3) is 0 Å². The van der Waals surface area contributed by atoms with E-state index in [1.807, 2.05) is 80.6 Å². The molecule has 0 unspecified atom stereocenters. The van der Waals surface area contributed by atoms with Gasteiger partial charge in [0, 0.05) is 22.3 Å². The Labute approximate surface area is 326 Å². The van der Waals surface area contributed by atoms with E-state index < -0.39 is 35.6 Å². The Morgan fingerprint density at radius 3 is 1.48 bits per heavy atom. The fourth-order valence-corrected chi connectivity index (χ4v) is 6.73. The standard InChI is InChI=1S/2C22H16F3N3O/c1-13-6-11-18(17-5-3-2-4-16(13)17)19-12-20(22(23,24)25)27-28(19)15-9-7-14(8-10-15)21(26)29;1-13-6-7-14-4-2-3-5-17(14)20(13)18-12-19(22(23,24)25)27-28(18)16-10-8-15(9-11-16)21(26)29/h2*2-12H,1H3,(H2,26,29). The molecule has 0 atom stereocenters. The largest absolute Gasteiger partial charge is 0.435 e. The fourth-order valence-electron chi connectivity index (χ4n) is 6.73. The quantitative estimate of drug-likeness (QED) is 0.163. The number of rotatable bonds is 6. The van der Waals surface area contributed by atoms with E-state index in [1.165, 1.54) is 57.9 Å². The number of hydrogen-bond donors (Lipinski definition) is 2. The van der Waals surface area contributed by atoms with Crippen LogP contribution in [0.3, 0.4) is 0 Å². The number of carbonyl (C=O) groups excluding carboxylic acids is 2. The van der Waals surface area contributed by atoms with E-state index in [4.69, 9.17) is 11.5 Å². The summed E-state index contributed by atoms with van der Waals surface area (Å²) in [5, 5.41) is 11.2. The first-order chi connectivity index (χ1) is 27.5. The van der Waals surface area contributed by atoms with Gasteiger partial charge in [0.1, 0.15) is 0 Å². The number of aryl methyl sites for hydroxylation is 2. The maximum Gasteiger partial charge on any atom is 0.435 e. The van der Waals surface area contributed by atoms with Crippen LogP contribution in [0.15, 0.2) is 133 Å². The Morgan fingerprint density at radius 1 is 0.517 bits per heavy atom. The van der Waals surface area contributed by atoms with Crippen LogP contribution in [0.4, 0.5) is 26.3 Å². The molecule has 0 saturated carbocycles. The van der Waals surface area contributed by atoms with Crippen molar-refractivity contribution in [1.82, 2.24) is 19.6 Å². The molecule has 0 saturated heterocycles. The van der Waals surface area contributed by atoms with Crippen LogP contribution in [0.5, 0.6) is 0 Å². The lowest BCUT2D eigenvalue weighted by Gasteiger charge is -2.13. The summed E-state index contributed by atoms with van der Waals surface area (Å²) in [6.07, 6.45) is -9.18. The zero-order chi connectivity index (χ0) is 41.5. The minimum atomic E-state index is -4.59. The lowest BCUT2D eigenvalue weighted by atomic mass is 9.97. The second-order valence-electron chi connectivity index (χ2n) is 13.4. The molecule has 4 N–H and O–H groups in total. The maximum absolute atomic E-state index is 13.5. The van der Waals surface area contributed by atoms with Gasteiger partial charge in [-0.25, -0.2) is 9.36 Å². The molecule has 0 aliphatic heterocycles. The Hall–Kier alpha value is -7.22. The van der Waals surface area contributed by atoms with E-state index in [0.29, 0.717) is 33.9 Å². The smallest absolute Gasteiger partial charge is 0.366 e. The zero-order valence-electron chi connectivity index (χ0n) is 30.7. The van der Waals surface area contributed by atoms with E-state index in [0.717, 1.165) is 44.8 Å². The summed E-state index contributed by atoms with van der Waals surface area (Å²) in [7, 11) is 0. The first-order valence-electron chi connectivity index (χ1n) is 17.6. The molecule has 0 radical (unpaired) electrons. The lowest BCUT2D eigenvalue weighted by Crippen LogP contribution is -2.11. The Bertz CT molecular complexity index is 2830. The predicted octanol–water partition coefficient (Wildman–Crippen LogP) is 10.2. The van der Waals surface area contributed by atoms with Gasteiger partial charge >= 0.3 is 12.4 Å². The van der Waals surface area contributed by atoms with Crippen LogP contribution in [-0.2, 0) is 12.4 Å². The zero-order valence-corrected chi connectivity index (χ0v) is 30.7. The summed E-state index contributed by atoms with van der Waals surface area (Å²) >= 11 is 0. The number of nitrogens with zero attached hydrogens (tertiary/aromatic N) is 4. The SMILES string of the molecule is Cc1ccc(-c2cc(C(F)(F)F)nn2-c2ccc(C(N)=O)cc2)c2ccccc12.Cc1ccc2ccccc2c1-c1cc(C(F)(F)F)nn1-c1ccc(C(N)=O)cc1. The normalized spacial score (nSPS) is 11.7. The third-order valence-corrected chi connectivity index (χ3v) is 9.60. The second kappa shape index (κ2) is 15.0. The number of halogens is 6. The van der Waals surface area contributed by atoms with Gasteiger partial charge in [0.2, 0.25) is 11.8 Å². The molecule has 6 aromatic carbocycles. The highest BCUT2D eigenvalue weighted by Crippen LogP contribution is 2.39. The molecule has 0 spiro atoms. The lowest BCUT2D eigenvalue weighted by molar-refractivity contribution is -0.142. The van der Waals surface area contributed by atoms with Gasteiger partial charge < -0.3 is 11.5 Å². The molecule has 8 nitrogen and oxygen atoms in total. The molecular formula is C44H32F6N6O2. The summed E-state index contributed by atoms with van der Waals surface area (Å²) in [5.41, 5.74) is 13.6. The first kappa shape index (κ1) is 39.0. The third kappa shape index (κ3) is 7.63. The number of aromatic nitrogens is 4. The molecule has 8 aromatic rings. The molecule has 2 aromatic heterocycles. The first-order valence-corrected chi connectivity index (χ1v) is 17.6. The summed E-state index contributed by atoms with van der Waals surface area (Å²) in [6, 6.07) is 36.6. The maximum atomic E-state index is 13.5. The number of hydrogen-bond acceptors (Lipinski definition) is 4. The average Bonchev–Trinajstić information content (AvgIpc) is 3.85. The van der Waals surface area contributed by atoms with Gasteiger partial charge in [0.15, 0.2) is 11.4 Å². The van der Waals surface area contributed by atoms with E-state index in [2.05, 4.69) is 10.2 Å². The highest BCUT2D eigenvalue weighted by Gasteiger charge is 2.37. The molecule has 0 bridgehead atoms. The van der Waals surface area contributed by atoms with Crippen LogP contribution in [0.2, 0.25) is 0 Å². The topological polar surface area (TPSA) is 122 Å². The van der Waals surface area contributed by atoms with Crippen LogP contribution >= 0.6 is 0 Å². The van der Waals surface area contributed by atoms with E-state index in [9.17, 15) is 35.9 Å². The minimum absolute atomic E-state index is 0.263. The molecule has 14 heteroatoms. The molecule has 0 aliphatic rings. The number of alkyl halides is 6. The number of carbonyl (C=O) groups is 2. The second-order valence-corrected chi connectivity index (χ2v) is 13.4. The van der Waals surface area contributed by atoms with Crippen molar-refractivity contribution in [1.29, 1.82) is 0 Å². The number of fused-ring (bicyclic) bond motifs is 2. The van der Waals surface area contributed by atoms with E-state index >= 15 is 0 Å². The number of amides is 2. The monoisotopic (exact) mass is 790 g/mol. The average molecular weight is 791 g/mol. The van der Waals surface area contributed by atoms with Crippen molar-refractivity contribution in [2.45, 2.75) is 26.2 Å². The van der Waals surface area contributed by atoms with Gasteiger partial charge in [-0.1, -0.05) is 72.8 Å². The summed E-state index contributed by atoms with van der Waals surface area (Å²) in [5.74, 6) is -1.23. The van der Waals surface area contributed by atoms with Gasteiger partial charge in [-0.15, -0.1) is 0 Å². The molecule has 58 heavy (non-hydrogen) atoms. The predicted molar refractivity (Wildman–Crippen MR) is 210 cm³/mol. The van der Waals surface area contributed by atoms with Crippen molar-refractivity contribution in [2.75, 3.05) is 0 Å². The minimum Gasteiger partial charge on any atom is -0.366 e. The van der Waals surface area contributed by atoms with Crippen LogP contribution in [0, 0.1) is 13.8 Å². The van der Waals surface area contributed by atoms with Gasteiger partial charge in [-0.05, 0) is 107 Å². The van der Waals surface area contributed by atoms with Crippen LogP contribution in [0.25, 0.3) is 55.4 Å². The molecule has 2 amide bonds. The van der Waals surface area contributed by atoms with Gasteiger partial charge in [0.05, 0.1) is 22.8 Å². The fraction of sp³-hybridized carbons (Fsp3) is 0.0909. The summed E-state index contributed by atoms with van der Waals surface area (Å²) < 4.78 is 83.1. The molecule has 8 rings (SSSR count). The number of primary amides is 2. The van der Waals surface area contributed by atoms with Gasteiger partial charge in [-0.3, -0.25) is 9.59 Å². The summed E-state index contributed by atoms with van der Waals surface area (Å²) in [4.78, 5) is 22.6. The molecule has 292 valence electrons. The molecular weight excluding hydrogens is 759 g/mol. The Balaban J connectivity index is 0.000000177. The Morgan fingerprint density at radius 2 is 0.966 bits per heavy atom. The van der Waals surface area contributed by atoms with Crippen molar-refractivity contribution in [2.24, 2.45) is 11.5 Å². The van der Waals surface area contributed by atoms with Crippen LogP contribution in [0.1, 0.15) is 43.2 Å². The third-order valence-electron chi connectivity index (χ3n) is 9.60. The summed E-state index contributed by atoms with van der Waals surface area (Å²) in [6.45, 7) is 3.80. The Kier molecular flexibility index (Phi) is 10.1. The molecule has 0 fully saturated rings. The van der Waals surface area contributed by atoms with Gasteiger partial charge in [-0.2, -0.15) is 36.5 Å². The molecule has 0 aliphatic carbocycles. The number of benzene rings is 6.